The van der Waals surface area contributed by atoms with Crippen molar-refractivity contribution in [2.45, 2.75) is 6.42 Å². The standard InChI is InChI=1S/C13H15NOS/c14-8-2-9-15-12-6-4-11(5-7-12)13-3-1-10-16-13/h1,3-7,10H,2,8-9,14H2. The fourth-order valence-electron chi connectivity index (χ4n) is 1.43. The van der Waals surface area contributed by atoms with E-state index >= 15 is 0 Å². The van der Waals surface area contributed by atoms with Crippen LogP contribution in [0.25, 0.3) is 10.4 Å². The van der Waals surface area contributed by atoms with E-state index in [-0.39, 0.29) is 0 Å². The third kappa shape index (κ3) is 2.84. The third-order valence-corrected chi connectivity index (χ3v) is 3.20. The highest BCUT2D eigenvalue weighted by atomic mass is 32.1. The molecule has 3 heteroatoms. The van der Waals surface area contributed by atoms with Crippen molar-refractivity contribution < 1.29 is 4.74 Å². The Morgan fingerprint density at radius 2 is 1.94 bits per heavy atom. The van der Waals surface area contributed by atoms with Crippen molar-refractivity contribution >= 4 is 11.3 Å². The van der Waals surface area contributed by atoms with Crippen LogP contribution in [0.5, 0.6) is 5.75 Å². The molecule has 0 unspecified atom stereocenters. The van der Waals surface area contributed by atoms with Gasteiger partial charge in [0, 0.05) is 4.88 Å². The monoisotopic (exact) mass is 233 g/mol. The summed E-state index contributed by atoms with van der Waals surface area (Å²) in [6.07, 6.45) is 0.896. The fourth-order valence-corrected chi connectivity index (χ4v) is 2.16. The smallest absolute Gasteiger partial charge is 0.119 e. The van der Waals surface area contributed by atoms with Gasteiger partial charge in [0.05, 0.1) is 6.61 Å². The molecule has 0 atom stereocenters. The van der Waals surface area contributed by atoms with Crippen LogP contribution in [0.3, 0.4) is 0 Å². The average molecular weight is 233 g/mol. The maximum absolute atomic E-state index is 5.54. The van der Waals surface area contributed by atoms with Crippen LogP contribution in [0.1, 0.15) is 6.42 Å². The van der Waals surface area contributed by atoms with Gasteiger partial charge in [0.25, 0.3) is 0 Å². The summed E-state index contributed by atoms with van der Waals surface area (Å²) in [5.41, 5.74) is 6.64. The Bertz CT molecular complexity index is 408. The Kier molecular flexibility index (Phi) is 3.97. The Labute approximate surface area is 99.7 Å². The topological polar surface area (TPSA) is 35.2 Å². The van der Waals surface area contributed by atoms with Gasteiger partial charge < -0.3 is 10.5 Å². The second-order valence-corrected chi connectivity index (χ2v) is 4.44. The molecule has 0 spiro atoms. The van der Waals surface area contributed by atoms with Crippen LogP contribution in [-0.4, -0.2) is 13.2 Å². The van der Waals surface area contributed by atoms with Crippen LogP contribution in [0, 0.1) is 0 Å². The van der Waals surface area contributed by atoms with Crippen LogP contribution < -0.4 is 10.5 Å². The Balaban J connectivity index is 2.00. The van der Waals surface area contributed by atoms with E-state index in [1.54, 1.807) is 11.3 Å². The Hall–Kier alpha value is -1.32. The molecule has 2 aromatic rings. The number of ether oxygens (including phenoxy) is 1. The fraction of sp³-hybridized carbons (Fsp3) is 0.231. The molecule has 2 N–H and O–H groups in total. The Morgan fingerprint density at radius 3 is 2.56 bits per heavy atom. The summed E-state index contributed by atoms with van der Waals surface area (Å²) in [4.78, 5) is 1.29. The van der Waals surface area contributed by atoms with Gasteiger partial charge in [0.15, 0.2) is 0 Å². The zero-order valence-electron chi connectivity index (χ0n) is 9.06. The number of nitrogens with two attached hydrogens (primary N) is 1. The zero-order valence-corrected chi connectivity index (χ0v) is 9.87. The average Bonchev–Trinajstić information content (AvgIpc) is 2.84. The lowest BCUT2D eigenvalue weighted by atomic mass is 10.2. The van der Waals surface area contributed by atoms with Gasteiger partial charge in [-0.1, -0.05) is 6.07 Å². The minimum absolute atomic E-state index is 0.674. The Morgan fingerprint density at radius 1 is 1.12 bits per heavy atom. The van der Waals surface area contributed by atoms with Crippen molar-refractivity contribution in [1.29, 1.82) is 0 Å². The van der Waals surface area contributed by atoms with Crippen molar-refractivity contribution in [2.24, 2.45) is 5.73 Å². The van der Waals surface area contributed by atoms with Gasteiger partial charge in [0.1, 0.15) is 5.75 Å². The van der Waals surface area contributed by atoms with Gasteiger partial charge in [-0.05, 0) is 54.2 Å². The van der Waals surface area contributed by atoms with E-state index in [0.29, 0.717) is 13.2 Å². The molecule has 0 aliphatic heterocycles. The molecule has 2 rings (SSSR count). The molecule has 0 saturated carbocycles. The SMILES string of the molecule is NCCCOc1ccc(-c2cccs2)cc1. The molecule has 0 radical (unpaired) electrons. The quantitative estimate of drug-likeness (QED) is 0.805. The normalized spacial score (nSPS) is 10.3. The molecule has 0 amide bonds. The van der Waals surface area contributed by atoms with Gasteiger partial charge >= 0.3 is 0 Å². The summed E-state index contributed by atoms with van der Waals surface area (Å²) in [6.45, 7) is 1.36. The molecule has 2 nitrogen and oxygen atoms in total. The molecule has 0 fully saturated rings. The molecule has 1 aromatic carbocycles. The van der Waals surface area contributed by atoms with Crippen molar-refractivity contribution in [3.05, 3.63) is 41.8 Å². The van der Waals surface area contributed by atoms with Crippen LogP contribution >= 0.6 is 11.3 Å². The lowest BCUT2D eigenvalue weighted by molar-refractivity contribution is 0.313. The first-order valence-electron chi connectivity index (χ1n) is 5.37. The molecular weight excluding hydrogens is 218 g/mol. The van der Waals surface area contributed by atoms with Gasteiger partial charge in [0.2, 0.25) is 0 Å². The number of thiophene rings is 1. The first kappa shape index (κ1) is 11.2. The number of rotatable bonds is 5. The summed E-state index contributed by atoms with van der Waals surface area (Å²) in [5.74, 6) is 0.911. The predicted octanol–water partition coefficient (Wildman–Crippen LogP) is 3.14. The predicted molar refractivity (Wildman–Crippen MR) is 68.9 cm³/mol. The largest absolute Gasteiger partial charge is 0.494 e. The second-order valence-electron chi connectivity index (χ2n) is 3.49. The first-order chi connectivity index (χ1) is 7.90. The molecule has 1 heterocycles. The number of hydrogen-bond donors (Lipinski definition) is 1. The molecule has 0 saturated heterocycles. The number of hydrogen-bond acceptors (Lipinski definition) is 3. The van der Waals surface area contributed by atoms with Crippen molar-refractivity contribution in [1.82, 2.24) is 0 Å². The van der Waals surface area contributed by atoms with E-state index in [1.165, 1.54) is 10.4 Å². The summed E-state index contributed by atoms with van der Waals surface area (Å²) < 4.78 is 5.54. The minimum atomic E-state index is 0.674. The molecule has 0 aliphatic carbocycles. The summed E-state index contributed by atoms with van der Waals surface area (Å²) in [7, 11) is 0. The van der Waals surface area contributed by atoms with Gasteiger partial charge in [-0.2, -0.15) is 0 Å². The van der Waals surface area contributed by atoms with Crippen molar-refractivity contribution in [2.75, 3.05) is 13.2 Å². The van der Waals surface area contributed by atoms with Crippen LogP contribution in [-0.2, 0) is 0 Å². The number of benzene rings is 1. The van der Waals surface area contributed by atoms with E-state index in [9.17, 15) is 0 Å². The molecule has 84 valence electrons. The first-order valence-corrected chi connectivity index (χ1v) is 6.25. The van der Waals surface area contributed by atoms with Gasteiger partial charge in [-0.15, -0.1) is 11.3 Å². The molecular formula is C13H15NOS. The highest BCUT2D eigenvalue weighted by molar-refractivity contribution is 7.13. The highest BCUT2D eigenvalue weighted by Gasteiger charge is 1.98. The van der Waals surface area contributed by atoms with Crippen LogP contribution in [0.4, 0.5) is 0 Å². The van der Waals surface area contributed by atoms with Gasteiger partial charge in [-0.25, -0.2) is 0 Å². The third-order valence-electron chi connectivity index (χ3n) is 2.28. The van der Waals surface area contributed by atoms with Crippen molar-refractivity contribution in [3.63, 3.8) is 0 Å². The molecule has 16 heavy (non-hydrogen) atoms. The van der Waals surface area contributed by atoms with E-state index in [2.05, 4.69) is 29.6 Å². The highest BCUT2D eigenvalue weighted by Crippen LogP contribution is 2.26. The summed E-state index contributed by atoms with van der Waals surface area (Å²) in [5, 5.41) is 2.08. The molecule has 0 bridgehead atoms. The zero-order chi connectivity index (χ0) is 11.2. The van der Waals surface area contributed by atoms with Crippen molar-refractivity contribution in [3.8, 4) is 16.2 Å². The van der Waals surface area contributed by atoms with Crippen LogP contribution in [0.2, 0.25) is 0 Å². The van der Waals surface area contributed by atoms with E-state index in [4.69, 9.17) is 10.5 Å². The lowest BCUT2D eigenvalue weighted by Gasteiger charge is -2.05. The van der Waals surface area contributed by atoms with E-state index in [1.807, 2.05) is 12.1 Å². The van der Waals surface area contributed by atoms with Crippen LogP contribution in [0.15, 0.2) is 41.8 Å². The molecule has 1 aromatic heterocycles. The molecule has 0 aliphatic rings. The second kappa shape index (κ2) is 5.68. The van der Waals surface area contributed by atoms with E-state index < -0.39 is 0 Å². The summed E-state index contributed by atoms with van der Waals surface area (Å²) >= 11 is 1.75. The summed E-state index contributed by atoms with van der Waals surface area (Å²) in [6, 6.07) is 12.4. The maximum Gasteiger partial charge on any atom is 0.119 e. The minimum Gasteiger partial charge on any atom is -0.494 e. The maximum atomic E-state index is 5.54. The lowest BCUT2D eigenvalue weighted by Crippen LogP contribution is -2.05. The van der Waals surface area contributed by atoms with E-state index in [0.717, 1.165) is 12.2 Å². The van der Waals surface area contributed by atoms with Gasteiger partial charge in [-0.3, -0.25) is 0 Å².